The second-order valence-electron chi connectivity index (χ2n) is 6.26. The predicted molar refractivity (Wildman–Crippen MR) is 76.3 cm³/mol. The van der Waals surface area contributed by atoms with Crippen molar-refractivity contribution in [3.63, 3.8) is 0 Å². The van der Waals surface area contributed by atoms with E-state index in [1.54, 1.807) is 6.92 Å². The van der Waals surface area contributed by atoms with Crippen molar-refractivity contribution >= 4 is 5.97 Å². The van der Waals surface area contributed by atoms with Crippen molar-refractivity contribution in [2.75, 3.05) is 13.2 Å². The standard InChI is InChI=1S/C15H29NO3/c1-5-8-16-15(4,14(17)18)10-19-13-7-6-11(2)12(3)9-13/h11-13,16H,5-10H2,1-4H3,(H,17,18). The Morgan fingerprint density at radius 1 is 1.37 bits per heavy atom. The van der Waals surface area contributed by atoms with Gasteiger partial charge in [0.05, 0.1) is 12.7 Å². The fraction of sp³-hybridized carbons (Fsp3) is 0.933. The summed E-state index contributed by atoms with van der Waals surface area (Å²) in [6.07, 6.45) is 4.41. The summed E-state index contributed by atoms with van der Waals surface area (Å²) in [5.41, 5.74) is -0.970. The summed E-state index contributed by atoms with van der Waals surface area (Å²) >= 11 is 0. The minimum absolute atomic E-state index is 0.216. The first-order valence-corrected chi connectivity index (χ1v) is 7.49. The molecule has 0 heterocycles. The first kappa shape index (κ1) is 16.4. The Morgan fingerprint density at radius 2 is 2.05 bits per heavy atom. The smallest absolute Gasteiger partial charge is 0.326 e. The zero-order valence-corrected chi connectivity index (χ0v) is 12.7. The average Bonchev–Trinajstić information content (AvgIpc) is 2.37. The van der Waals surface area contributed by atoms with E-state index in [1.165, 1.54) is 6.42 Å². The number of nitrogens with one attached hydrogen (secondary N) is 1. The normalized spacial score (nSPS) is 30.8. The summed E-state index contributed by atoms with van der Waals surface area (Å²) in [4.78, 5) is 11.4. The Kier molecular flexibility index (Phi) is 6.27. The topological polar surface area (TPSA) is 58.6 Å². The lowest BCUT2D eigenvalue weighted by Gasteiger charge is -2.34. The molecule has 0 amide bonds. The molecule has 0 aliphatic heterocycles. The van der Waals surface area contributed by atoms with Crippen LogP contribution in [-0.2, 0) is 9.53 Å². The molecule has 0 bridgehead atoms. The second-order valence-corrected chi connectivity index (χ2v) is 6.26. The maximum absolute atomic E-state index is 11.4. The van der Waals surface area contributed by atoms with E-state index >= 15 is 0 Å². The largest absolute Gasteiger partial charge is 0.480 e. The minimum Gasteiger partial charge on any atom is -0.480 e. The third-order valence-electron chi connectivity index (χ3n) is 4.39. The molecule has 4 unspecified atom stereocenters. The molecule has 0 aromatic carbocycles. The maximum atomic E-state index is 11.4. The van der Waals surface area contributed by atoms with Crippen LogP contribution in [0.1, 0.15) is 53.4 Å². The molecular weight excluding hydrogens is 242 g/mol. The van der Waals surface area contributed by atoms with E-state index in [-0.39, 0.29) is 12.7 Å². The quantitative estimate of drug-likeness (QED) is 0.747. The fourth-order valence-corrected chi connectivity index (χ4v) is 2.52. The Morgan fingerprint density at radius 3 is 2.58 bits per heavy atom. The van der Waals surface area contributed by atoms with Gasteiger partial charge in [-0.3, -0.25) is 4.79 Å². The number of ether oxygens (including phenoxy) is 1. The molecule has 2 N–H and O–H groups in total. The highest BCUT2D eigenvalue weighted by atomic mass is 16.5. The Hall–Kier alpha value is -0.610. The number of carboxylic acid groups (broad SMARTS) is 1. The first-order chi connectivity index (χ1) is 8.89. The Balaban J connectivity index is 2.46. The van der Waals surface area contributed by atoms with E-state index in [0.717, 1.165) is 25.2 Å². The molecule has 1 aliphatic carbocycles. The van der Waals surface area contributed by atoms with Crippen LogP contribution in [0.4, 0.5) is 0 Å². The van der Waals surface area contributed by atoms with Gasteiger partial charge in [-0.1, -0.05) is 20.8 Å². The number of carbonyl (C=O) groups is 1. The maximum Gasteiger partial charge on any atom is 0.326 e. The summed E-state index contributed by atoms with van der Waals surface area (Å²) in [6, 6.07) is 0. The van der Waals surface area contributed by atoms with Gasteiger partial charge in [0.1, 0.15) is 5.54 Å². The Labute approximate surface area is 116 Å². The summed E-state index contributed by atoms with van der Waals surface area (Å²) in [5, 5.41) is 12.4. The molecule has 1 aliphatic rings. The second kappa shape index (κ2) is 7.25. The van der Waals surface area contributed by atoms with E-state index in [4.69, 9.17) is 4.74 Å². The van der Waals surface area contributed by atoms with Crippen LogP contribution in [0.2, 0.25) is 0 Å². The van der Waals surface area contributed by atoms with Crippen LogP contribution in [0.3, 0.4) is 0 Å². The van der Waals surface area contributed by atoms with Crippen LogP contribution < -0.4 is 5.32 Å². The molecule has 1 fully saturated rings. The van der Waals surface area contributed by atoms with Gasteiger partial charge < -0.3 is 15.2 Å². The monoisotopic (exact) mass is 271 g/mol. The van der Waals surface area contributed by atoms with Crippen LogP contribution >= 0.6 is 0 Å². The van der Waals surface area contributed by atoms with Crippen molar-refractivity contribution in [2.24, 2.45) is 11.8 Å². The van der Waals surface area contributed by atoms with Crippen molar-refractivity contribution in [1.29, 1.82) is 0 Å². The van der Waals surface area contributed by atoms with E-state index in [0.29, 0.717) is 12.5 Å². The molecule has 0 spiro atoms. The van der Waals surface area contributed by atoms with E-state index in [1.807, 2.05) is 6.92 Å². The number of aliphatic carboxylic acids is 1. The van der Waals surface area contributed by atoms with Gasteiger partial charge in [0.15, 0.2) is 0 Å². The lowest BCUT2D eigenvalue weighted by atomic mass is 9.80. The average molecular weight is 271 g/mol. The third kappa shape index (κ3) is 4.77. The molecule has 1 rings (SSSR count). The number of hydrogen-bond donors (Lipinski definition) is 2. The summed E-state index contributed by atoms with van der Waals surface area (Å²) in [5.74, 6) is 0.584. The molecule has 19 heavy (non-hydrogen) atoms. The van der Waals surface area contributed by atoms with E-state index < -0.39 is 11.5 Å². The number of hydrogen-bond acceptors (Lipinski definition) is 3. The van der Waals surface area contributed by atoms with Gasteiger partial charge in [-0.05, 0) is 51.0 Å². The zero-order chi connectivity index (χ0) is 14.5. The van der Waals surface area contributed by atoms with Gasteiger partial charge >= 0.3 is 5.97 Å². The lowest BCUT2D eigenvalue weighted by molar-refractivity contribution is -0.148. The molecule has 4 heteroatoms. The van der Waals surface area contributed by atoms with Crippen LogP contribution in [0.15, 0.2) is 0 Å². The van der Waals surface area contributed by atoms with Gasteiger partial charge in [0.25, 0.3) is 0 Å². The SMILES string of the molecule is CCCNC(C)(COC1CCC(C)C(C)C1)C(=O)O. The molecule has 4 nitrogen and oxygen atoms in total. The van der Waals surface area contributed by atoms with Crippen molar-refractivity contribution in [2.45, 2.75) is 65.0 Å². The van der Waals surface area contributed by atoms with Crippen LogP contribution in [0, 0.1) is 11.8 Å². The molecule has 1 saturated carbocycles. The lowest BCUT2D eigenvalue weighted by Crippen LogP contribution is -2.54. The molecule has 0 radical (unpaired) electrons. The molecule has 0 aromatic heterocycles. The number of rotatable bonds is 7. The van der Waals surface area contributed by atoms with Crippen LogP contribution in [0.25, 0.3) is 0 Å². The Bertz CT molecular complexity index is 295. The van der Waals surface area contributed by atoms with Crippen LogP contribution in [0.5, 0.6) is 0 Å². The molecular formula is C15H29NO3. The van der Waals surface area contributed by atoms with E-state index in [2.05, 4.69) is 19.2 Å². The number of carboxylic acids is 1. The molecule has 0 aromatic rings. The third-order valence-corrected chi connectivity index (χ3v) is 4.39. The van der Waals surface area contributed by atoms with E-state index in [9.17, 15) is 9.90 Å². The summed E-state index contributed by atoms with van der Waals surface area (Å²) in [7, 11) is 0. The summed E-state index contributed by atoms with van der Waals surface area (Å²) < 4.78 is 5.88. The van der Waals surface area contributed by atoms with Gasteiger partial charge in [-0.15, -0.1) is 0 Å². The van der Waals surface area contributed by atoms with Gasteiger partial charge in [0, 0.05) is 0 Å². The van der Waals surface area contributed by atoms with Crippen molar-refractivity contribution < 1.29 is 14.6 Å². The highest BCUT2D eigenvalue weighted by Crippen LogP contribution is 2.31. The molecule has 0 saturated heterocycles. The molecule has 4 atom stereocenters. The van der Waals surface area contributed by atoms with Crippen molar-refractivity contribution in [1.82, 2.24) is 5.32 Å². The van der Waals surface area contributed by atoms with Gasteiger partial charge in [-0.25, -0.2) is 0 Å². The highest BCUT2D eigenvalue weighted by molar-refractivity contribution is 5.78. The van der Waals surface area contributed by atoms with Gasteiger partial charge in [-0.2, -0.15) is 0 Å². The minimum atomic E-state index is -0.970. The van der Waals surface area contributed by atoms with Crippen molar-refractivity contribution in [3.05, 3.63) is 0 Å². The first-order valence-electron chi connectivity index (χ1n) is 7.49. The summed E-state index contributed by atoms with van der Waals surface area (Å²) in [6.45, 7) is 9.22. The van der Waals surface area contributed by atoms with Crippen molar-refractivity contribution in [3.8, 4) is 0 Å². The highest BCUT2D eigenvalue weighted by Gasteiger charge is 2.34. The molecule has 112 valence electrons. The van der Waals surface area contributed by atoms with Gasteiger partial charge in [0.2, 0.25) is 0 Å². The van der Waals surface area contributed by atoms with Crippen LogP contribution in [-0.4, -0.2) is 35.9 Å². The predicted octanol–water partition coefficient (Wildman–Crippen LogP) is 2.67. The zero-order valence-electron chi connectivity index (χ0n) is 12.7. The fourth-order valence-electron chi connectivity index (χ4n) is 2.52.